The minimum absolute atomic E-state index is 0.154. The second-order valence-electron chi connectivity index (χ2n) is 7.03. The van der Waals surface area contributed by atoms with E-state index >= 15 is 0 Å². The van der Waals surface area contributed by atoms with Crippen LogP contribution in [-0.2, 0) is 7.05 Å². The number of aryl methyl sites for hydroxylation is 1. The molecule has 1 saturated heterocycles. The lowest BCUT2D eigenvalue weighted by molar-refractivity contribution is 0.0940. The molecule has 0 saturated carbocycles. The maximum absolute atomic E-state index is 12.7. The van der Waals surface area contributed by atoms with Crippen molar-refractivity contribution in [3.8, 4) is 0 Å². The molecule has 28 heavy (non-hydrogen) atoms. The Labute approximate surface area is 166 Å². The van der Waals surface area contributed by atoms with E-state index in [2.05, 4.69) is 20.3 Å². The number of nitrogens with zero attached hydrogens (tertiary/aromatic N) is 4. The summed E-state index contributed by atoms with van der Waals surface area (Å²) in [4.78, 5) is 30.4. The number of hydrogen-bond donors (Lipinski definition) is 2. The lowest BCUT2D eigenvalue weighted by Crippen LogP contribution is -2.41. The largest absolute Gasteiger partial charge is 0.364 e. The van der Waals surface area contributed by atoms with E-state index in [0.717, 1.165) is 42.0 Å². The van der Waals surface area contributed by atoms with Gasteiger partial charge >= 0.3 is 0 Å². The molecule has 0 spiro atoms. The third-order valence-electron chi connectivity index (χ3n) is 5.06. The number of carbonyl (C=O) groups excluding carboxylic acids is 2. The maximum Gasteiger partial charge on any atom is 0.272 e. The molecule has 2 aromatic heterocycles. The number of nitrogens with two attached hydrogens (primary N) is 1. The lowest BCUT2D eigenvalue weighted by Gasteiger charge is -2.32. The molecule has 1 atom stereocenters. The Morgan fingerprint density at radius 1 is 1.36 bits per heavy atom. The number of benzene rings is 1. The topological polar surface area (TPSA) is 106 Å². The first-order valence-corrected chi connectivity index (χ1v) is 10.1. The van der Waals surface area contributed by atoms with Crippen LogP contribution in [0.3, 0.4) is 0 Å². The van der Waals surface area contributed by atoms with Gasteiger partial charge in [0.15, 0.2) is 10.8 Å². The van der Waals surface area contributed by atoms with Crippen LogP contribution in [0, 0.1) is 5.92 Å². The Hall–Kier alpha value is -2.94. The molecule has 3 heterocycles. The zero-order valence-electron chi connectivity index (χ0n) is 15.6. The van der Waals surface area contributed by atoms with Gasteiger partial charge in [-0.05, 0) is 24.8 Å². The molecule has 0 radical (unpaired) electrons. The van der Waals surface area contributed by atoms with E-state index in [1.165, 1.54) is 11.3 Å². The van der Waals surface area contributed by atoms with Gasteiger partial charge in [0.2, 0.25) is 0 Å². The van der Waals surface area contributed by atoms with E-state index in [9.17, 15) is 9.59 Å². The molecule has 4 rings (SSSR count). The number of anilines is 1. The Morgan fingerprint density at radius 2 is 2.18 bits per heavy atom. The third-order valence-corrected chi connectivity index (χ3v) is 5.96. The first-order valence-electron chi connectivity index (χ1n) is 9.23. The minimum atomic E-state index is -0.508. The summed E-state index contributed by atoms with van der Waals surface area (Å²) in [6.45, 7) is 2.25. The highest BCUT2D eigenvalue weighted by atomic mass is 32.1. The van der Waals surface area contributed by atoms with Gasteiger partial charge in [0, 0.05) is 37.4 Å². The number of amides is 2. The van der Waals surface area contributed by atoms with Crippen LogP contribution in [0.4, 0.5) is 5.13 Å². The zero-order valence-corrected chi connectivity index (χ0v) is 16.4. The summed E-state index contributed by atoms with van der Waals surface area (Å²) >= 11 is 1.43. The van der Waals surface area contributed by atoms with Crippen molar-refractivity contribution in [1.82, 2.24) is 20.1 Å². The minimum Gasteiger partial charge on any atom is -0.364 e. The molecule has 1 fully saturated rings. The molecule has 3 N–H and O–H groups in total. The first kappa shape index (κ1) is 18.4. The normalized spacial score (nSPS) is 17.0. The fourth-order valence-electron chi connectivity index (χ4n) is 3.63. The summed E-state index contributed by atoms with van der Waals surface area (Å²) in [5, 5.41) is 10.8. The molecule has 8 nitrogen and oxygen atoms in total. The van der Waals surface area contributed by atoms with E-state index in [1.807, 2.05) is 31.3 Å². The van der Waals surface area contributed by atoms with Crippen molar-refractivity contribution < 1.29 is 9.59 Å². The van der Waals surface area contributed by atoms with Crippen LogP contribution >= 0.6 is 11.3 Å². The highest BCUT2D eigenvalue weighted by Gasteiger charge is 2.24. The summed E-state index contributed by atoms with van der Waals surface area (Å²) in [7, 11) is 1.84. The molecule has 0 bridgehead atoms. The summed E-state index contributed by atoms with van der Waals surface area (Å²) in [6.07, 6.45) is 2.05. The van der Waals surface area contributed by atoms with Crippen LogP contribution in [0.5, 0.6) is 0 Å². The fraction of sp³-hybridized carbons (Fsp3) is 0.368. The Morgan fingerprint density at radius 3 is 2.96 bits per heavy atom. The molecular formula is C19H22N6O2S. The number of nitrogens with one attached hydrogen (secondary N) is 1. The summed E-state index contributed by atoms with van der Waals surface area (Å²) in [5.41, 5.74) is 6.99. The van der Waals surface area contributed by atoms with Crippen molar-refractivity contribution in [3.63, 3.8) is 0 Å². The van der Waals surface area contributed by atoms with Gasteiger partial charge in [-0.1, -0.05) is 18.2 Å². The van der Waals surface area contributed by atoms with Crippen molar-refractivity contribution in [2.45, 2.75) is 12.8 Å². The number of thiazole rings is 1. The van der Waals surface area contributed by atoms with Gasteiger partial charge in [-0.2, -0.15) is 5.10 Å². The summed E-state index contributed by atoms with van der Waals surface area (Å²) in [6, 6.07) is 7.71. The second kappa shape index (κ2) is 7.59. The summed E-state index contributed by atoms with van der Waals surface area (Å²) < 4.78 is 1.73. The molecule has 0 aliphatic carbocycles. The molecule has 1 unspecified atom stereocenters. The number of rotatable bonds is 5. The fourth-order valence-corrected chi connectivity index (χ4v) is 4.48. The Balaban J connectivity index is 1.40. The summed E-state index contributed by atoms with van der Waals surface area (Å²) in [5.74, 6) is -0.348. The zero-order chi connectivity index (χ0) is 19.7. The van der Waals surface area contributed by atoms with E-state index in [0.29, 0.717) is 23.9 Å². The van der Waals surface area contributed by atoms with Gasteiger partial charge in [0.05, 0.1) is 5.52 Å². The van der Waals surface area contributed by atoms with Crippen molar-refractivity contribution in [3.05, 3.63) is 41.0 Å². The quantitative estimate of drug-likeness (QED) is 0.681. The van der Waals surface area contributed by atoms with Gasteiger partial charge in [0.1, 0.15) is 5.69 Å². The van der Waals surface area contributed by atoms with Crippen molar-refractivity contribution in [2.24, 2.45) is 18.7 Å². The van der Waals surface area contributed by atoms with Crippen molar-refractivity contribution in [2.75, 3.05) is 24.5 Å². The number of fused-ring (bicyclic) bond motifs is 1. The molecule has 1 aliphatic heterocycles. The smallest absolute Gasteiger partial charge is 0.272 e. The van der Waals surface area contributed by atoms with Crippen LogP contribution < -0.4 is 16.0 Å². The van der Waals surface area contributed by atoms with Crippen LogP contribution in [-0.4, -0.2) is 46.2 Å². The Bertz CT molecular complexity index is 1030. The molecule has 2 amide bonds. The van der Waals surface area contributed by atoms with Crippen LogP contribution in [0.1, 0.15) is 33.8 Å². The van der Waals surface area contributed by atoms with E-state index in [1.54, 1.807) is 10.1 Å². The number of aromatic nitrogens is 3. The standard InChI is InChI=1S/C19H22N6O2S/c1-24-15-7-3-2-6-13(15)16(23-24)18(27)21-9-12-5-4-8-25(10-12)19-22-14(11-28-19)17(20)26/h2-3,6-7,11-12H,4-5,8-10H2,1H3,(H2,20,26)(H,21,27). The van der Waals surface area contributed by atoms with E-state index in [4.69, 9.17) is 5.73 Å². The third kappa shape index (κ3) is 3.57. The average Bonchev–Trinajstić information content (AvgIpc) is 3.32. The van der Waals surface area contributed by atoms with Gasteiger partial charge in [-0.3, -0.25) is 14.3 Å². The monoisotopic (exact) mass is 398 g/mol. The predicted octanol–water partition coefficient (Wildman–Crippen LogP) is 1.78. The van der Waals surface area contributed by atoms with Gasteiger partial charge in [-0.25, -0.2) is 4.98 Å². The molecule has 146 valence electrons. The first-order chi connectivity index (χ1) is 13.5. The SMILES string of the molecule is Cn1nc(C(=O)NCC2CCCN(c3nc(C(N)=O)cs3)C2)c2ccccc21. The number of carbonyl (C=O) groups is 2. The highest BCUT2D eigenvalue weighted by molar-refractivity contribution is 7.13. The van der Waals surface area contributed by atoms with Gasteiger partial charge < -0.3 is 16.0 Å². The van der Waals surface area contributed by atoms with E-state index < -0.39 is 5.91 Å². The molecular weight excluding hydrogens is 376 g/mol. The van der Waals surface area contributed by atoms with Crippen LogP contribution in [0.15, 0.2) is 29.6 Å². The molecule has 1 aliphatic rings. The second-order valence-corrected chi connectivity index (χ2v) is 7.87. The highest BCUT2D eigenvalue weighted by Crippen LogP contribution is 2.26. The number of piperidine rings is 1. The van der Waals surface area contributed by atoms with Gasteiger partial charge in [0.25, 0.3) is 11.8 Å². The number of hydrogen-bond acceptors (Lipinski definition) is 6. The van der Waals surface area contributed by atoms with Crippen molar-refractivity contribution in [1.29, 1.82) is 0 Å². The maximum atomic E-state index is 12.7. The lowest BCUT2D eigenvalue weighted by atomic mass is 9.98. The number of primary amides is 1. The van der Waals surface area contributed by atoms with Crippen LogP contribution in [0.2, 0.25) is 0 Å². The van der Waals surface area contributed by atoms with Crippen molar-refractivity contribution >= 4 is 39.2 Å². The average molecular weight is 398 g/mol. The van der Waals surface area contributed by atoms with Gasteiger partial charge in [-0.15, -0.1) is 11.3 Å². The predicted molar refractivity (Wildman–Crippen MR) is 109 cm³/mol. The molecule has 9 heteroatoms. The molecule has 1 aromatic carbocycles. The number of para-hydroxylation sites is 1. The molecule has 3 aromatic rings. The van der Waals surface area contributed by atoms with E-state index in [-0.39, 0.29) is 5.91 Å². The van der Waals surface area contributed by atoms with Crippen LogP contribution in [0.25, 0.3) is 10.9 Å². The Kier molecular flexibility index (Phi) is 4.99.